The summed E-state index contributed by atoms with van der Waals surface area (Å²) in [5.74, 6) is 2.83. The average molecular weight is 513 g/mol. The van der Waals surface area contributed by atoms with Crippen LogP contribution in [0.2, 0.25) is 0 Å². The normalized spacial score (nSPS) is 10.8. The Labute approximate surface area is 220 Å². The molecule has 0 saturated heterocycles. The molecular formula is C27H28N8O3. The lowest BCUT2D eigenvalue weighted by atomic mass is 10.2. The Bertz CT molecular complexity index is 1540. The van der Waals surface area contributed by atoms with Gasteiger partial charge in [0.1, 0.15) is 6.33 Å². The van der Waals surface area contributed by atoms with Gasteiger partial charge in [0.05, 0.1) is 32.4 Å². The predicted molar refractivity (Wildman–Crippen MR) is 148 cm³/mol. The second-order valence-electron chi connectivity index (χ2n) is 8.47. The van der Waals surface area contributed by atoms with E-state index in [2.05, 4.69) is 25.6 Å². The number of benzene rings is 3. The van der Waals surface area contributed by atoms with E-state index in [4.69, 9.17) is 19.2 Å². The van der Waals surface area contributed by atoms with Crippen LogP contribution in [0.1, 0.15) is 0 Å². The lowest BCUT2D eigenvalue weighted by Crippen LogP contribution is -2.09. The molecule has 0 aliphatic heterocycles. The summed E-state index contributed by atoms with van der Waals surface area (Å²) in [6, 6.07) is 19.5. The lowest BCUT2D eigenvalue weighted by Gasteiger charge is -2.15. The first-order valence-electron chi connectivity index (χ1n) is 11.8. The first-order chi connectivity index (χ1) is 18.5. The van der Waals surface area contributed by atoms with Gasteiger partial charge in [-0.15, -0.1) is 0 Å². The Morgan fingerprint density at radius 1 is 0.763 bits per heavy atom. The van der Waals surface area contributed by atoms with E-state index in [9.17, 15) is 0 Å². The number of para-hydroxylation sites is 2. The van der Waals surface area contributed by atoms with Gasteiger partial charge in [-0.3, -0.25) is 0 Å². The van der Waals surface area contributed by atoms with Crippen molar-refractivity contribution in [3.63, 3.8) is 0 Å². The summed E-state index contributed by atoms with van der Waals surface area (Å²) in [5.41, 5.74) is 4.30. The quantitative estimate of drug-likeness (QED) is 0.286. The minimum atomic E-state index is 0.336. The minimum absolute atomic E-state index is 0.336. The fourth-order valence-electron chi connectivity index (χ4n) is 4.02. The maximum absolute atomic E-state index is 5.46. The highest BCUT2D eigenvalue weighted by atomic mass is 16.5. The minimum Gasteiger partial charge on any atom is -0.493 e. The number of ether oxygens (including phenoxy) is 3. The summed E-state index contributed by atoms with van der Waals surface area (Å²) in [6.45, 7) is 0. The van der Waals surface area contributed by atoms with Crippen molar-refractivity contribution in [3.8, 4) is 23.2 Å². The van der Waals surface area contributed by atoms with Crippen LogP contribution in [0.15, 0.2) is 67.0 Å². The number of nitrogens with zero attached hydrogens (tertiary/aromatic N) is 6. The van der Waals surface area contributed by atoms with Crippen LogP contribution >= 0.6 is 0 Å². The summed E-state index contributed by atoms with van der Waals surface area (Å²) < 4.78 is 18.2. The number of hydrogen-bond acceptors (Lipinski definition) is 10. The molecule has 5 rings (SSSR count). The van der Waals surface area contributed by atoms with E-state index >= 15 is 0 Å². The molecule has 0 atom stereocenters. The Kier molecular flexibility index (Phi) is 6.81. The molecule has 5 aromatic rings. The van der Waals surface area contributed by atoms with E-state index in [0.717, 1.165) is 22.4 Å². The molecule has 0 fully saturated rings. The van der Waals surface area contributed by atoms with Gasteiger partial charge in [-0.05, 0) is 36.4 Å². The molecular weight excluding hydrogens is 484 g/mol. The smallest absolute Gasteiger partial charge is 0.241 e. The van der Waals surface area contributed by atoms with Crippen molar-refractivity contribution >= 4 is 40.0 Å². The van der Waals surface area contributed by atoms with Crippen LogP contribution in [0.5, 0.6) is 17.2 Å². The van der Waals surface area contributed by atoms with Crippen LogP contribution in [-0.4, -0.2) is 59.9 Å². The third kappa shape index (κ3) is 4.81. The molecule has 0 bridgehead atoms. The standard InChI is InChI=1S/C27H28N8O3/c1-34(2)19-12-10-17(11-13-19)31-27-32-20-8-6-7-9-21(20)35(27)26-29-16-28-25(33-26)30-18-14-22(36-3)24(38-5)23(15-18)37-4/h6-16H,1-5H3,(H,31,32)(H,28,29,30,33). The van der Waals surface area contributed by atoms with Crippen LogP contribution < -0.4 is 29.7 Å². The number of nitrogens with one attached hydrogen (secondary N) is 2. The van der Waals surface area contributed by atoms with E-state index in [1.165, 1.54) is 6.33 Å². The molecule has 0 saturated carbocycles. The third-order valence-corrected chi connectivity index (χ3v) is 5.88. The number of methoxy groups -OCH3 is 3. The monoisotopic (exact) mass is 512 g/mol. The van der Waals surface area contributed by atoms with E-state index in [1.54, 1.807) is 33.5 Å². The molecule has 0 radical (unpaired) electrons. The Balaban J connectivity index is 1.52. The van der Waals surface area contributed by atoms with Gasteiger partial charge in [0.25, 0.3) is 0 Å². The van der Waals surface area contributed by atoms with Gasteiger partial charge in [0, 0.05) is 43.3 Å². The highest BCUT2D eigenvalue weighted by Crippen LogP contribution is 2.40. The molecule has 38 heavy (non-hydrogen) atoms. The van der Waals surface area contributed by atoms with Crippen molar-refractivity contribution in [2.75, 3.05) is 51.0 Å². The summed E-state index contributed by atoms with van der Waals surface area (Å²) in [4.78, 5) is 20.3. The zero-order valence-electron chi connectivity index (χ0n) is 21.8. The number of rotatable bonds is 9. The summed E-state index contributed by atoms with van der Waals surface area (Å²) in [5, 5.41) is 6.61. The van der Waals surface area contributed by atoms with Crippen LogP contribution in [0, 0.1) is 0 Å². The van der Waals surface area contributed by atoms with Crippen LogP contribution in [0.3, 0.4) is 0 Å². The Hall–Kier alpha value is -5.06. The summed E-state index contributed by atoms with van der Waals surface area (Å²) in [6.07, 6.45) is 1.45. The SMILES string of the molecule is COc1cc(Nc2ncnc(-n3c(Nc4ccc(N(C)C)cc4)nc4ccccc43)n2)cc(OC)c1OC. The molecule has 2 heterocycles. The number of anilines is 5. The van der Waals surface area contributed by atoms with Gasteiger partial charge < -0.3 is 29.7 Å². The van der Waals surface area contributed by atoms with Crippen molar-refractivity contribution in [1.82, 2.24) is 24.5 Å². The molecule has 0 aliphatic carbocycles. The van der Waals surface area contributed by atoms with Crippen molar-refractivity contribution in [1.29, 1.82) is 0 Å². The fraction of sp³-hybridized carbons (Fsp3) is 0.185. The molecule has 2 N–H and O–H groups in total. The van der Waals surface area contributed by atoms with Crippen LogP contribution in [0.4, 0.5) is 29.0 Å². The largest absolute Gasteiger partial charge is 0.493 e. The lowest BCUT2D eigenvalue weighted by molar-refractivity contribution is 0.324. The van der Waals surface area contributed by atoms with Crippen LogP contribution in [-0.2, 0) is 0 Å². The van der Waals surface area contributed by atoms with Gasteiger partial charge in [-0.2, -0.15) is 4.98 Å². The number of hydrogen-bond donors (Lipinski definition) is 2. The van der Waals surface area contributed by atoms with E-state index in [0.29, 0.717) is 40.8 Å². The molecule has 3 aromatic carbocycles. The molecule has 0 unspecified atom stereocenters. The summed E-state index contributed by atoms with van der Waals surface area (Å²) in [7, 11) is 8.70. The first-order valence-corrected chi connectivity index (χ1v) is 11.8. The van der Waals surface area contributed by atoms with Gasteiger partial charge in [0.15, 0.2) is 11.5 Å². The van der Waals surface area contributed by atoms with Gasteiger partial charge in [-0.1, -0.05) is 12.1 Å². The second-order valence-corrected chi connectivity index (χ2v) is 8.47. The molecule has 0 amide bonds. The molecule has 0 aliphatic rings. The number of aromatic nitrogens is 5. The molecule has 2 aromatic heterocycles. The van der Waals surface area contributed by atoms with Gasteiger partial charge in [0.2, 0.25) is 23.6 Å². The van der Waals surface area contributed by atoms with Crippen molar-refractivity contribution in [2.45, 2.75) is 0 Å². The second kappa shape index (κ2) is 10.5. The number of imidazole rings is 1. The number of fused-ring (bicyclic) bond motifs is 1. The molecule has 11 heteroatoms. The highest BCUT2D eigenvalue weighted by Gasteiger charge is 2.17. The molecule has 0 spiro atoms. The molecule has 194 valence electrons. The Morgan fingerprint density at radius 2 is 1.47 bits per heavy atom. The van der Waals surface area contributed by atoms with Gasteiger partial charge >= 0.3 is 0 Å². The van der Waals surface area contributed by atoms with E-state index < -0.39 is 0 Å². The topological polar surface area (TPSA) is 111 Å². The van der Waals surface area contributed by atoms with Crippen LogP contribution in [0.25, 0.3) is 17.0 Å². The van der Waals surface area contributed by atoms with Crippen molar-refractivity contribution < 1.29 is 14.2 Å². The van der Waals surface area contributed by atoms with Crippen molar-refractivity contribution in [2.24, 2.45) is 0 Å². The van der Waals surface area contributed by atoms with Gasteiger partial charge in [-0.25, -0.2) is 19.5 Å². The summed E-state index contributed by atoms with van der Waals surface area (Å²) >= 11 is 0. The maximum Gasteiger partial charge on any atom is 0.241 e. The molecule has 11 nitrogen and oxygen atoms in total. The zero-order chi connectivity index (χ0) is 26.6. The average Bonchev–Trinajstić information content (AvgIpc) is 3.30. The Morgan fingerprint density at radius 3 is 2.13 bits per heavy atom. The van der Waals surface area contributed by atoms with Crippen molar-refractivity contribution in [3.05, 3.63) is 67.0 Å². The highest BCUT2D eigenvalue weighted by molar-refractivity contribution is 5.81. The predicted octanol–water partition coefficient (Wildman–Crippen LogP) is 4.79. The zero-order valence-corrected chi connectivity index (χ0v) is 21.8. The fourth-order valence-corrected chi connectivity index (χ4v) is 4.02. The first kappa shape index (κ1) is 24.6. The maximum atomic E-state index is 5.46. The van der Waals surface area contributed by atoms with E-state index in [-0.39, 0.29) is 0 Å². The third-order valence-electron chi connectivity index (χ3n) is 5.88. The van der Waals surface area contributed by atoms with E-state index in [1.807, 2.05) is 72.1 Å².